The lowest BCUT2D eigenvalue weighted by molar-refractivity contribution is -0.138. The van der Waals surface area contributed by atoms with Gasteiger partial charge in [-0.1, -0.05) is 48.5 Å². The second-order valence-electron chi connectivity index (χ2n) is 9.54. The lowest BCUT2D eigenvalue weighted by Gasteiger charge is -2.50. The standard InChI is InChI=1S/C27H27N3O4/c1-17-12-28-13-25(29-17)27(32)10-18-14-33-15-19(11-27)30(18)26(31)34-16-24-22-8-4-2-6-20(22)21-7-3-5-9-23(21)24/h2-9,12-13,18-19,24,32H,10-11,14-16H2,1H3. The Hall–Kier alpha value is -3.29. The van der Waals surface area contributed by atoms with Gasteiger partial charge in [0, 0.05) is 25.0 Å². The number of aromatic nitrogens is 2. The van der Waals surface area contributed by atoms with Gasteiger partial charge in [0.05, 0.1) is 42.9 Å². The Kier molecular flexibility index (Phi) is 5.12. The molecule has 2 unspecified atom stereocenters. The van der Waals surface area contributed by atoms with E-state index in [1.165, 1.54) is 22.3 Å². The van der Waals surface area contributed by atoms with Gasteiger partial charge in [-0.05, 0) is 29.2 Å². The van der Waals surface area contributed by atoms with Crippen molar-refractivity contribution in [1.29, 1.82) is 0 Å². The Labute approximate surface area is 198 Å². The quantitative estimate of drug-likeness (QED) is 0.644. The molecule has 7 nitrogen and oxygen atoms in total. The highest BCUT2D eigenvalue weighted by Gasteiger charge is 2.50. The summed E-state index contributed by atoms with van der Waals surface area (Å²) in [5, 5.41) is 11.5. The highest BCUT2D eigenvalue weighted by molar-refractivity contribution is 5.79. The van der Waals surface area contributed by atoms with Crippen molar-refractivity contribution in [2.24, 2.45) is 0 Å². The molecule has 3 aromatic rings. The first kappa shape index (κ1) is 21.3. The Bertz CT molecular complexity index is 1190. The van der Waals surface area contributed by atoms with Crippen molar-refractivity contribution < 1.29 is 19.4 Å². The van der Waals surface area contributed by atoms with Gasteiger partial charge in [-0.15, -0.1) is 0 Å². The first-order valence-electron chi connectivity index (χ1n) is 11.8. The van der Waals surface area contributed by atoms with Gasteiger partial charge in [0.25, 0.3) is 0 Å². The minimum Gasteiger partial charge on any atom is -0.448 e. The minimum atomic E-state index is -1.14. The molecule has 1 aliphatic carbocycles. The zero-order chi connectivity index (χ0) is 23.3. The maximum atomic E-state index is 13.3. The summed E-state index contributed by atoms with van der Waals surface area (Å²) < 4.78 is 11.7. The first-order valence-corrected chi connectivity index (χ1v) is 11.8. The van der Waals surface area contributed by atoms with E-state index in [4.69, 9.17) is 9.47 Å². The number of hydrogen-bond acceptors (Lipinski definition) is 6. The molecular weight excluding hydrogens is 430 g/mol. The predicted octanol–water partition coefficient (Wildman–Crippen LogP) is 3.78. The third kappa shape index (κ3) is 3.47. The number of carbonyl (C=O) groups is 1. The second-order valence-corrected chi connectivity index (χ2v) is 9.54. The molecule has 0 saturated carbocycles. The number of morpholine rings is 1. The topological polar surface area (TPSA) is 84.8 Å². The van der Waals surface area contributed by atoms with Crippen LogP contribution in [0.4, 0.5) is 4.79 Å². The molecule has 2 fully saturated rings. The molecule has 0 spiro atoms. The molecule has 2 atom stereocenters. The molecular formula is C27H27N3O4. The van der Waals surface area contributed by atoms with Crippen LogP contribution < -0.4 is 0 Å². The number of carbonyl (C=O) groups excluding carboxylic acids is 1. The normalized spacial score (nSPS) is 25.5. The summed E-state index contributed by atoms with van der Waals surface area (Å²) in [5.41, 5.74) is 4.94. The maximum Gasteiger partial charge on any atom is 0.410 e. The zero-order valence-corrected chi connectivity index (χ0v) is 19.1. The van der Waals surface area contributed by atoms with Crippen LogP contribution in [0.1, 0.15) is 41.3 Å². The van der Waals surface area contributed by atoms with Gasteiger partial charge < -0.3 is 14.6 Å². The number of aliphatic hydroxyl groups is 1. The molecule has 1 aromatic heterocycles. The molecule has 2 aliphatic heterocycles. The number of rotatable bonds is 3. The Morgan fingerprint density at radius 3 is 2.29 bits per heavy atom. The minimum absolute atomic E-state index is 0.0109. The van der Waals surface area contributed by atoms with Gasteiger partial charge in [0.2, 0.25) is 0 Å². The molecule has 2 saturated heterocycles. The molecule has 1 amide bonds. The second kappa shape index (κ2) is 8.18. The predicted molar refractivity (Wildman–Crippen MR) is 125 cm³/mol. The molecule has 2 bridgehead atoms. The van der Waals surface area contributed by atoms with E-state index in [2.05, 4.69) is 34.2 Å². The Balaban J connectivity index is 1.21. The number of benzene rings is 2. The number of fused-ring (bicyclic) bond motifs is 5. The zero-order valence-electron chi connectivity index (χ0n) is 19.1. The summed E-state index contributed by atoms with van der Waals surface area (Å²) in [6.45, 7) is 2.86. The fourth-order valence-corrected chi connectivity index (χ4v) is 5.84. The van der Waals surface area contributed by atoms with Crippen LogP contribution in [0.2, 0.25) is 0 Å². The molecule has 2 aromatic carbocycles. The summed E-state index contributed by atoms with van der Waals surface area (Å²) in [6, 6.07) is 16.0. The van der Waals surface area contributed by atoms with Crippen LogP contribution in [-0.4, -0.2) is 58.0 Å². The summed E-state index contributed by atoms with van der Waals surface area (Å²) >= 11 is 0. The molecule has 3 aliphatic rings. The van der Waals surface area contributed by atoms with E-state index >= 15 is 0 Å². The van der Waals surface area contributed by atoms with Gasteiger partial charge in [0.15, 0.2) is 0 Å². The molecule has 174 valence electrons. The summed E-state index contributed by atoms with van der Waals surface area (Å²) in [6.07, 6.45) is 3.62. The number of nitrogens with zero attached hydrogens (tertiary/aromatic N) is 3. The number of ether oxygens (including phenoxy) is 2. The monoisotopic (exact) mass is 457 g/mol. The molecule has 3 heterocycles. The number of piperidine rings is 1. The van der Waals surface area contributed by atoms with Crippen molar-refractivity contribution in [3.05, 3.63) is 83.4 Å². The summed E-state index contributed by atoms with van der Waals surface area (Å²) in [4.78, 5) is 23.8. The van der Waals surface area contributed by atoms with E-state index in [9.17, 15) is 9.90 Å². The van der Waals surface area contributed by atoms with Gasteiger partial charge >= 0.3 is 6.09 Å². The van der Waals surface area contributed by atoms with Crippen LogP contribution in [-0.2, 0) is 15.1 Å². The molecule has 1 N–H and O–H groups in total. The number of aryl methyl sites for hydroxylation is 1. The lowest BCUT2D eigenvalue weighted by Crippen LogP contribution is -2.62. The van der Waals surface area contributed by atoms with Gasteiger partial charge in [-0.2, -0.15) is 0 Å². The van der Waals surface area contributed by atoms with Gasteiger partial charge in [-0.25, -0.2) is 4.79 Å². The lowest BCUT2D eigenvalue weighted by atomic mass is 9.79. The van der Waals surface area contributed by atoms with E-state index in [1.807, 2.05) is 31.2 Å². The van der Waals surface area contributed by atoms with E-state index < -0.39 is 5.60 Å². The maximum absolute atomic E-state index is 13.3. The summed E-state index contributed by atoms with van der Waals surface area (Å²) in [7, 11) is 0. The Morgan fingerprint density at radius 1 is 1.06 bits per heavy atom. The largest absolute Gasteiger partial charge is 0.448 e. The number of amides is 1. The molecule has 34 heavy (non-hydrogen) atoms. The average molecular weight is 458 g/mol. The van der Waals surface area contributed by atoms with Gasteiger partial charge in [0.1, 0.15) is 12.2 Å². The first-order chi connectivity index (χ1) is 16.5. The van der Waals surface area contributed by atoms with Crippen molar-refractivity contribution in [3.63, 3.8) is 0 Å². The number of hydrogen-bond donors (Lipinski definition) is 1. The van der Waals surface area contributed by atoms with E-state index in [0.717, 1.165) is 5.69 Å². The van der Waals surface area contributed by atoms with Crippen molar-refractivity contribution in [2.45, 2.75) is 43.4 Å². The smallest absolute Gasteiger partial charge is 0.410 e. The SMILES string of the molecule is Cc1cncc(C2(O)CC3COCC(C2)N3C(=O)OCC2c3ccccc3-c3ccccc32)n1. The third-order valence-corrected chi connectivity index (χ3v) is 7.33. The highest BCUT2D eigenvalue weighted by atomic mass is 16.6. The summed E-state index contributed by atoms with van der Waals surface area (Å²) in [5.74, 6) is 0.0109. The van der Waals surface area contributed by atoms with Crippen LogP contribution in [0.5, 0.6) is 0 Å². The van der Waals surface area contributed by atoms with Crippen LogP contribution in [0.3, 0.4) is 0 Å². The van der Waals surface area contributed by atoms with E-state index in [-0.39, 0.29) is 30.7 Å². The van der Waals surface area contributed by atoms with Gasteiger partial charge in [-0.3, -0.25) is 14.9 Å². The van der Waals surface area contributed by atoms with Crippen LogP contribution >= 0.6 is 0 Å². The fourth-order valence-electron chi connectivity index (χ4n) is 5.84. The van der Waals surface area contributed by atoms with Crippen LogP contribution in [0, 0.1) is 6.92 Å². The molecule has 7 heteroatoms. The highest BCUT2D eigenvalue weighted by Crippen LogP contribution is 2.45. The fraction of sp³-hybridized carbons (Fsp3) is 0.370. The van der Waals surface area contributed by atoms with Crippen LogP contribution in [0.15, 0.2) is 60.9 Å². The van der Waals surface area contributed by atoms with Crippen molar-refractivity contribution in [3.8, 4) is 11.1 Å². The average Bonchev–Trinajstić information content (AvgIpc) is 3.16. The van der Waals surface area contributed by atoms with Crippen LogP contribution in [0.25, 0.3) is 11.1 Å². The molecule has 0 radical (unpaired) electrons. The van der Waals surface area contributed by atoms with Crippen molar-refractivity contribution in [2.75, 3.05) is 19.8 Å². The van der Waals surface area contributed by atoms with E-state index in [0.29, 0.717) is 31.7 Å². The van der Waals surface area contributed by atoms with E-state index in [1.54, 1.807) is 17.3 Å². The molecule has 6 rings (SSSR count). The Morgan fingerprint density at radius 2 is 1.68 bits per heavy atom. The van der Waals surface area contributed by atoms with Crippen molar-refractivity contribution in [1.82, 2.24) is 14.9 Å². The third-order valence-electron chi connectivity index (χ3n) is 7.33. The van der Waals surface area contributed by atoms with Crippen molar-refractivity contribution >= 4 is 6.09 Å².